The van der Waals surface area contributed by atoms with Crippen LogP contribution in [0.4, 0.5) is 0 Å². The third kappa shape index (κ3) is 3.31. The molecule has 0 amide bonds. The number of hydrogen-bond acceptors (Lipinski definition) is 6. The molecular weight excluding hydrogens is 211 g/mol. The average Bonchev–Trinajstić information content (AvgIpc) is 2.53. The maximum absolute atomic E-state index is 11.0. The van der Waals surface area contributed by atoms with Gasteiger partial charge in [0.05, 0.1) is 12.7 Å². The van der Waals surface area contributed by atoms with Gasteiger partial charge in [0.2, 0.25) is 0 Å². The lowest BCUT2D eigenvalue weighted by molar-refractivity contribution is -0.229. The van der Waals surface area contributed by atoms with Crippen molar-refractivity contribution in [2.24, 2.45) is 0 Å². The van der Waals surface area contributed by atoms with E-state index in [2.05, 4.69) is 4.52 Å². The van der Waals surface area contributed by atoms with Crippen molar-refractivity contribution in [1.82, 2.24) is 0 Å². The maximum atomic E-state index is 11.0. The Kier molecular flexibility index (Phi) is 4.50. The molecule has 6 nitrogen and oxygen atoms in total. The predicted molar refractivity (Wildman–Crippen MR) is 45.7 cm³/mol. The van der Waals surface area contributed by atoms with Crippen LogP contribution in [-0.4, -0.2) is 39.6 Å². The minimum atomic E-state index is -4.17. The lowest BCUT2D eigenvalue weighted by atomic mass is 10.2. The molecule has 0 aliphatic carbocycles. The molecule has 0 radical (unpaired) electrons. The Balaban J connectivity index is 2.47. The van der Waals surface area contributed by atoms with E-state index in [0.717, 1.165) is 7.11 Å². The van der Waals surface area contributed by atoms with E-state index in [9.17, 15) is 9.46 Å². The molecule has 1 saturated heterocycles. The SMILES string of the molecule is COC[C@H]1OCC[C@@H]1OP(=O)([O-])OC. The third-order valence-electron chi connectivity index (χ3n) is 1.97. The molecule has 3 atom stereocenters. The van der Waals surface area contributed by atoms with Gasteiger partial charge in [0, 0.05) is 27.2 Å². The number of ether oxygens (including phenoxy) is 2. The first-order valence-electron chi connectivity index (χ1n) is 4.25. The summed E-state index contributed by atoms with van der Waals surface area (Å²) in [7, 11) is -1.59. The van der Waals surface area contributed by atoms with Gasteiger partial charge in [-0.15, -0.1) is 0 Å². The first-order valence-corrected chi connectivity index (χ1v) is 5.71. The number of phosphoric acid groups is 1. The van der Waals surface area contributed by atoms with Gasteiger partial charge in [0.15, 0.2) is 0 Å². The highest BCUT2D eigenvalue weighted by molar-refractivity contribution is 7.45. The molecule has 0 bridgehead atoms. The highest BCUT2D eigenvalue weighted by Gasteiger charge is 2.31. The van der Waals surface area contributed by atoms with E-state index in [4.69, 9.17) is 14.0 Å². The molecule has 0 saturated carbocycles. The summed E-state index contributed by atoms with van der Waals surface area (Å²) >= 11 is 0. The van der Waals surface area contributed by atoms with Gasteiger partial charge in [-0.25, -0.2) is 0 Å². The van der Waals surface area contributed by atoms with Crippen LogP contribution < -0.4 is 4.89 Å². The van der Waals surface area contributed by atoms with Crippen molar-refractivity contribution in [3.05, 3.63) is 0 Å². The van der Waals surface area contributed by atoms with Crippen LogP contribution in [-0.2, 0) is 23.1 Å². The van der Waals surface area contributed by atoms with Crippen LogP contribution >= 0.6 is 7.82 Å². The first kappa shape index (κ1) is 12.1. The summed E-state index contributed by atoms with van der Waals surface area (Å²) < 4.78 is 30.1. The second-order valence-electron chi connectivity index (χ2n) is 2.93. The highest BCUT2D eigenvalue weighted by Crippen LogP contribution is 2.41. The Hall–Kier alpha value is 0.0300. The van der Waals surface area contributed by atoms with Gasteiger partial charge in [0.25, 0.3) is 7.82 Å². The Morgan fingerprint density at radius 1 is 1.57 bits per heavy atom. The molecule has 1 fully saturated rings. The van der Waals surface area contributed by atoms with E-state index < -0.39 is 13.9 Å². The van der Waals surface area contributed by atoms with E-state index in [1.165, 1.54) is 7.11 Å². The number of phosphoric ester groups is 1. The zero-order valence-corrected chi connectivity index (χ0v) is 9.07. The summed E-state index contributed by atoms with van der Waals surface area (Å²) in [6.07, 6.45) is -0.306. The second kappa shape index (κ2) is 5.21. The van der Waals surface area contributed by atoms with Gasteiger partial charge >= 0.3 is 0 Å². The zero-order valence-electron chi connectivity index (χ0n) is 8.17. The molecular formula is C7H14O6P-. The molecule has 1 heterocycles. The Morgan fingerprint density at radius 3 is 2.86 bits per heavy atom. The van der Waals surface area contributed by atoms with Gasteiger partial charge in [-0.1, -0.05) is 0 Å². The minimum absolute atomic E-state index is 0.314. The smallest absolute Gasteiger partial charge is 0.267 e. The van der Waals surface area contributed by atoms with Crippen LogP contribution in [0.15, 0.2) is 0 Å². The summed E-state index contributed by atoms with van der Waals surface area (Å²) in [4.78, 5) is 11.0. The fourth-order valence-electron chi connectivity index (χ4n) is 1.28. The Bertz CT molecular complexity index is 220. The summed E-state index contributed by atoms with van der Waals surface area (Å²) in [6.45, 7) is 0.788. The van der Waals surface area contributed by atoms with Crippen LogP contribution in [0.3, 0.4) is 0 Å². The molecule has 1 aliphatic rings. The molecule has 0 aromatic rings. The molecule has 0 spiro atoms. The largest absolute Gasteiger partial charge is 0.756 e. The second-order valence-corrected chi connectivity index (χ2v) is 4.40. The number of rotatable bonds is 5. The molecule has 1 aliphatic heterocycles. The van der Waals surface area contributed by atoms with Gasteiger partial charge < -0.3 is 23.4 Å². The van der Waals surface area contributed by atoms with E-state index in [1.54, 1.807) is 0 Å². The van der Waals surface area contributed by atoms with Crippen LogP contribution in [0.2, 0.25) is 0 Å². The van der Waals surface area contributed by atoms with Crippen molar-refractivity contribution in [2.75, 3.05) is 27.4 Å². The highest BCUT2D eigenvalue weighted by atomic mass is 31.2. The molecule has 0 aromatic heterocycles. The third-order valence-corrected chi connectivity index (χ3v) is 2.94. The normalized spacial score (nSPS) is 31.6. The quantitative estimate of drug-likeness (QED) is 0.609. The summed E-state index contributed by atoms with van der Waals surface area (Å²) in [5.41, 5.74) is 0. The van der Waals surface area contributed by atoms with Crippen LogP contribution in [0.25, 0.3) is 0 Å². The topological polar surface area (TPSA) is 77.1 Å². The predicted octanol–water partition coefficient (Wildman–Crippen LogP) is -0.0783. The standard InChI is InChI=1S/C7H15O6P/c1-10-5-7-6(3-4-12-7)13-14(8,9)11-2/h6-7H,3-5H2,1-2H3,(H,8,9)/p-1/t6-,7+/m0/s1. The molecule has 1 rings (SSSR count). The first-order chi connectivity index (χ1) is 6.59. The molecule has 7 heteroatoms. The van der Waals surface area contributed by atoms with Crippen molar-refractivity contribution in [3.8, 4) is 0 Å². The van der Waals surface area contributed by atoms with Crippen LogP contribution in [0.1, 0.15) is 6.42 Å². The summed E-state index contributed by atoms with van der Waals surface area (Å²) in [5, 5.41) is 0. The molecule has 14 heavy (non-hydrogen) atoms. The lowest BCUT2D eigenvalue weighted by Crippen LogP contribution is -2.29. The maximum Gasteiger partial charge on any atom is 0.267 e. The van der Waals surface area contributed by atoms with E-state index in [-0.39, 0.29) is 6.10 Å². The average molecular weight is 225 g/mol. The fourth-order valence-corrected chi connectivity index (χ4v) is 1.94. The molecule has 0 aromatic carbocycles. The van der Waals surface area contributed by atoms with Crippen molar-refractivity contribution in [3.63, 3.8) is 0 Å². The molecule has 0 N–H and O–H groups in total. The minimum Gasteiger partial charge on any atom is -0.756 e. The fraction of sp³-hybridized carbons (Fsp3) is 1.00. The monoisotopic (exact) mass is 225 g/mol. The van der Waals surface area contributed by atoms with Crippen molar-refractivity contribution in [2.45, 2.75) is 18.6 Å². The van der Waals surface area contributed by atoms with Crippen molar-refractivity contribution >= 4 is 7.82 Å². The summed E-state index contributed by atoms with van der Waals surface area (Å²) in [5.74, 6) is 0. The van der Waals surface area contributed by atoms with Gasteiger partial charge in [-0.05, 0) is 0 Å². The van der Waals surface area contributed by atoms with Gasteiger partial charge in [-0.2, -0.15) is 0 Å². The van der Waals surface area contributed by atoms with E-state index in [1.807, 2.05) is 0 Å². The van der Waals surface area contributed by atoms with Crippen molar-refractivity contribution in [1.29, 1.82) is 0 Å². The van der Waals surface area contributed by atoms with E-state index in [0.29, 0.717) is 19.6 Å². The van der Waals surface area contributed by atoms with Gasteiger partial charge in [-0.3, -0.25) is 4.57 Å². The Labute approximate surface area is 82.7 Å². The summed E-state index contributed by atoms with van der Waals surface area (Å²) in [6, 6.07) is 0. The van der Waals surface area contributed by atoms with E-state index >= 15 is 0 Å². The lowest BCUT2D eigenvalue weighted by Gasteiger charge is -2.26. The number of methoxy groups -OCH3 is 1. The molecule has 84 valence electrons. The van der Waals surface area contributed by atoms with Crippen LogP contribution in [0.5, 0.6) is 0 Å². The molecule has 1 unspecified atom stereocenters. The Morgan fingerprint density at radius 2 is 2.29 bits per heavy atom. The number of hydrogen-bond donors (Lipinski definition) is 0. The zero-order chi connectivity index (χ0) is 10.6. The van der Waals surface area contributed by atoms with Crippen molar-refractivity contribution < 1.29 is 28.0 Å². The van der Waals surface area contributed by atoms with Gasteiger partial charge in [0.1, 0.15) is 6.10 Å². The van der Waals surface area contributed by atoms with Crippen LogP contribution in [0, 0.1) is 0 Å².